The van der Waals surface area contributed by atoms with Gasteiger partial charge < -0.3 is 10.0 Å². The zero-order valence-corrected chi connectivity index (χ0v) is 13.0. The number of rotatable bonds is 3. The quantitative estimate of drug-likeness (QED) is 0.923. The third-order valence-electron chi connectivity index (χ3n) is 4.43. The molecule has 1 unspecified atom stereocenters. The average molecular weight is 289 g/mol. The molecule has 0 spiro atoms. The molecule has 1 aromatic heterocycles. The third-order valence-corrected chi connectivity index (χ3v) is 5.39. The Kier molecular flexibility index (Phi) is 4.11. The number of aliphatic hydroxyl groups is 1. The van der Waals surface area contributed by atoms with E-state index in [1.807, 2.05) is 0 Å². The van der Waals surface area contributed by atoms with E-state index < -0.39 is 5.60 Å². The molecule has 0 aliphatic carbocycles. The largest absolute Gasteiger partial charge is 0.385 e. The SMILES string of the molecule is CCCN1CCCC(O)(c2cccc3ccsc23)CC1. The maximum absolute atomic E-state index is 11.2. The zero-order valence-electron chi connectivity index (χ0n) is 12.1. The summed E-state index contributed by atoms with van der Waals surface area (Å²) in [4.78, 5) is 2.49. The van der Waals surface area contributed by atoms with Crippen LogP contribution in [0.3, 0.4) is 0 Å². The van der Waals surface area contributed by atoms with E-state index in [1.165, 1.54) is 16.5 Å². The molecule has 0 bridgehead atoms. The molecule has 1 saturated heterocycles. The summed E-state index contributed by atoms with van der Waals surface area (Å²) in [5.74, 6) is 0. The van der Waals surface area contributed by atoms with Crippen LogP contribution in [0.4, 0.5) is 0 Å². The van der Waals surface area contributed by atoms with Gasteiger partial charge in [-0.15, -0.1) is 11.3 Å². The highest BCUT2D eigenvalue weighted by Crippen LogP contribution is 2.38. The first kappa shape index (κ1) is 14.1. The third kappa shape index (κ3) is 2.62. The van der Waals surface area contributed by atoms with Crippen molar-refractivity contribution in [1.82, 2.24) is 4.90 Å². The van der Waals surface area contributed by atoms with Crippen LogP contribution in [0.15, 0.2) is 29.6 Å². The fraction of sp³-hybridized carbons (Fsp3) is 0.529. The molecule has 1 aliphatic heterocycles. The van der Waals surface area contributed by atoms with Crippen molar-refractivity contribution < 1.29 is 5.11 Å². The molecule has 20 heavy (non-hydrogen) atoms. The lowest BCUT2D eigenvalue weighted by Crippen LogP contribution is -2.29. The van der Waals surface area contributed by atoms with Gasteiger partial charge in [0.25, 0.3) is 0 Å². The van der Waals surface area contributed by atoms with Gasteiger partial charge in [-0.25, -0.2) is 0 Å². The maximum atomic E-state index is 11.2. The Bertz CT molecular complexity index is 579. The van der Waals surface area contributed by atoms with Gasteiger partial charge in [0.15, 0.2) is 0 Å². The number of nitrogens with zero attached hydrogens (tertiary/aromatic N) is 1. The molecule has 0 radical (unpaired) electrons. The Morgan fingerprint density at radius 2 is 2.15 bits per heavy atom. The van der Waals surface area contributed by atoms with Crippen molar-refractivity contribution in [1.29, 1.82) is 0 Å². The number of benzene rings is 1. The minimum atomic E-state index is -0.646. The highest BCUT2D eigenvalue weighted by Gasteiger charge is 2.33. The summed E-state index contributed by atoms with van der Waals surface area (Å²) in [7, 11) is 0. The van der Waals surface area contributed by atoms with E-state index in [0.29, 0.717) is 0 Å². The molecule has 1 atom stereocenters. The van der Waals surface area contributed by atoms with Crippen LogP contribution in [-0.2, 0) is 5.60 Å². The van der Waals surface area contributed by atoms with Gasteiger partial charge >= 0.3 is 0 Å². The topological polar surface area (TPSA) is 23.5 Å². The second-order valence-corrected chi connectivity index (χ2v) is 6.79. The number of thiophene rings is 1. The highest BCUT2D eigenvalue weighted by molar-refractivity contribution is 7.17. The van der Waals surface area contributed by atoms with Crippen LogP contribution in [0.25, 0.3) is 10.1 Å². The molecule has 3 heteroatoms. The fourth-order valence-corrected chi connectivity index (χ4v) is 4.35. The molecule has 3 rings (SSSR count). The summed E-state index contributed by atoms with van der Waals surface area (Å²) in [6, 6.07) is 8.48. The van der Waals surface area contributed by atoms with Crippen molar-refractivity contribution in [3.05, 3.63) is 35.2 Å². The predicted octanol–water partition coefficient (Wildman–Crippen LogP) is 3.98. The molecular weight excluding hydrogens is 266 g/mol. The normalized spacial score (nSPS) is 24.9. The molecule has 1 aliphatic rings. The van der Waals surface area contributed by atoms with Crippen LogP contribution >= 0.6 is 11.3 Å². The number of fused-ring (bicyclic) bond motifs is 1. The summed E-state index contributed by atoms with van der Waals surface area (Å²) in [6.45, 7) is 5.51. The van der Waals surface area contributed by atoms with Crippen LogP contribution in [-0.4, -0.2) is 29.6 Å². The summed E-state index contributed by atoms with van der Waals surface area (Å²) < 4.78 is 1.26. The van der Waals surface area contributed by atoms with Gasteiger partial charge in [0.2, 0.25) is 0 Å². The zero-order chi connectivity index (χ0) is 14.0. The molecule has 1 fully saturated rings. The lowest BCUT2D eigenvalue weighted by molar-refractivity contribution is 0.0228. The maximum Gasteiger partial charge on any atom is 0.0923 e. The Balaban J connectivity index is 1.90. The Hall–Kier alpha value is -0.900. The summed E-state index contributed by atoms with van der Waals surface area (Å²) in [5, 5.41) is 14.6. The van der Waals surface area contributed by atoms with E-state index in [9.17, 15) is 5.11 Å². The lowest BCUT2D eigenvalue weighted by Gasteiger charge is -2.28. The first-order valence-electron chi connectivity index (χ1n) is 7.64. The molecule has 2 aromatic rings. The monoisotopic (exact) mass is 289 g/mol. The van der Waals surface area contributed by atoms with Crippen molar-refractivity contribution in [2.75, 3.05) is 19.6 Å². The molecule has 1 N–H and O–H groups in total. The molecule has 1 aromatic carbocycles. The van der Waals surface area contributed by atoms with E-state index in [0.717, 1.165) is 44.5 Å². The first-order valence-corrected chi connectivity index (χ1v) is 8.52. The van der Waals surface area contributed by atoms with E-state index in [-0.39, 0.29) is 0 Å². The predicted molar refractivity (Wildman–Crippen MR) is 86.3 cm³/mol. The summed E-state index contributed by atoms with van der Waals surface area (Å²) in [6.07, 6.45) is 4.01. The minimum Gasteiger partial charge on any atom is -0.385 e. The standard InChI is InChI=1S/C17H23NOS/c1-2-10-18-11-4-8-17(19,9-12-18)15-6-3-5-14-7-13-20-16(14)15/h3,5-7,13,19H,2,4,8-12H2,1H3. The molecular formula is C17H23NOS. The van der Waals surface area contributed by atoms with Crippen LogP contribution in [0.5, 0.6) is 0 Å². The second kappa shape index (κ2) is 5.84. The lowest BCUT2D eigenvalue weighted by atomic mass is 9.86. The van der Waals surface area contributed by atoms with Crippen molar-refractivity contribution in [3.63, 3.8) is 0 Å². The van der Waals surface area contributed by atoms with Crippen molar-refractivity contribution in [2.45, 2.75) is 38.2 Å². The van der Waals surface area contributed by atoms with E-state index in [1.54, 1.807) is 11.3 Å². The number of likely N-dealkylation sites (tertiary alicyclic amines) is 1. The van der Waals surface area contributed by atoms with Gasteiger partial charge in [-0.3, -0.25) is 0 Å². The van der Waals surface area contributed by atoms with E-state index in [4.69, 9.17) is 0 Å². The van der Waals surface area contributed by atoms with Gasteiger partial charge in [-0.05, 0) is 55.6 Å². The van der Waals surface area contributed by atoms with Crippen LogP contribution in [0.2, 0.25) is 0 Å². The molecule has 2 heterocycles. The molecule has 0 amide bonds. The highest BCUT2D eigenvalue weighted by atomic mass is 32.1. The Morgan fingerprint density at radius 1 is 1.25 bits per heavy atom. The van der Waals surface area contributed by atoms with Gasteiger partial charge in [-0.2, -0.15) is 0 Å². The number of hydrogen-bond acceptors (Lipinski definition) is 3. The number of hydrogen-bond donors (Lipinski definition) is 1. The van der Waals surface area contributed by atoms with Gasteiger partial charge in [0.05, 0.1) is 5.60 Å². The molecule has 108 valence electrons. The van der Waals surface area contributed by atoms with E-state index in [2.05, 4.69) is 41.5 Å². The van der Waals surface area contributed by atoms with Crippen LogP contribution < -0.4 is 0 Å². The van der Waals surface area contributed by atoms with Crippen molar-refractivity contribution >= 4 is 21.4 Å². The average Bonchev–Trinajstić information content (AvgIpc) is 2.85. The first-order chi connectivity index (χ1) is 9.73. The second-order valence-electron chi connectivity index (χ2n) is 5.87. The van der Waals surface area contributed by atoms with Crippen molar-refractivity contribution in [2.24, 2.45) is 0 Å². The Labute approximate surface area is 125 Å². The van der Waals surface area contributed by atoms with Gasteiger partial charge in [0, 0.05) is 16.8 Å². The van der Waals surface area contributed by atoms with E-state index >= 15 is 0 Å². The minimum absolute atomic E-state index is 0.646. The smallest absolute Gasteiger partial charge is 0.0923 e. The van der Waals surface area contributed by atoms with Gasteiger partial charge in [-0.1, -0.05) is 25.1 Å². The van der Waals surface area contributed by atoms with Gasteiger partial charge in [0.1, 0.15) is 0 Å². The summed E-state index contributed by atoms with van der Waals surface area (Å²) >= 11 is 1.75. The van der Waals surface area contributed by atoms with Crippen molar-refractivity contribution in [3.8, 4) is 0 Å². The fourth-order valence-electron chi connectivity index (χ4n) is 3.34. The molecule has 2 nitrogen and oxygen atoms in total. The van der Waals surface area contributed by atoms with Crippen LogP contribution in [0.1, 0.15) is 38.2 Å². The summed E-state index contributed by atoms with van der Waals surface area (Å²) in [5.41, 5.74) is 0.496. The Morgan fingerprint density at radius 3 is 3.00 bits per heavy atom. The van der Waals surface area contributed by atoms with Crippen LogP contribution in [0, 0.1) is 0 Å². The molecule has 0 saturated carbocycles.